The molecule has 1 aromatic rings. The van der Waals surface area contributed by atoms with Crippen LogP contribution >= 0.6 is 11.6 Å². The number of halogens is 3. The van der Waals surface area contributed by atoms with Crippen LogP contribution in [-0.2, 0) is 16.0 Å². The molecule has 0 saturated carbocycles. The molecule has 1 rings (SSSR count). The Bertz CT molecular complexity index is 514. The molecule has 0 aliphatic rings. The summed E-state index contributed by atoms with van der Waals surface area (Å²) in [6.45, 7) is -1.31. The normalized spacial score (nSPS) is 10.1. The fourth-order valence-corrected chi connectivity index (χ4v) is 1.68. The summed E-state index contributed by atoms with van der Waals surface area (Å²) in [5.41, 5.74) is -0.0818. The van der Waals surface area contributed by atoms with Crippen LogP contribution in [0.25, 0.3) is 0 Å². The Morgan fingerprint density at radius 2 is 2.21 bits per heavy atom. The number of carbonyl (C=O) groups is 1. The van der Waals surface area contributed by atoms with Gasteiger partial charge in [0.25, 0.3) is 0 Å². The largest absolute Gasteiger partial charge is 0.466 e. The van der Waals surface area contributed by atoms with Gasteiger partial charge in [-0.25, -0.2) is 0 Å². The number of esters is 1. The van der Waals surface area contributed by atoms with Crippen LogP contribution in [0.3, 0.4) is 0 Å². The van der Waals surface area contributed by atoms with E-state index < -0.39 is 12.6 Å². The van der Waals surface area contributed by atoms with Crippen molar-refractivity contribution in [3.05, 3.63) is 28.3 Å². The number of nitrogens with zero attached hydrogens (tertiary/aromatic N) is 1. The number of ether oxygens (including phenoxy) is 2. The van der Waals surface area contributed by atoms with Gasteiger partial charge in [-0.1, -0.05) is 11.6 Å². The summed E-state index contributed by atoms with van der Waals surface area (Å²) in [7, 11) is 0. The van der Waals surface area contributed by atoms with Gasteiger partial charge in [-0.2, -0.15) is 14.0 Å². The maximum absolute atomic E-state index is 12.3. The third-order valence-electron chi connectivity index (χ3n) is 2.17. The van der Waals surface area contributed by atoms with Crippen LogP contribution in [-0.4, -0.2) is 19.2 Å². The standard InChI is InChI=1S/C12H10ClF2NO3/c1-2-18-11(17)5-7-8(6-16)9(13)3-4-10(7)19-12(14)15/h3-4,12H,2,5H2,1H3. The zero-order chi connectivity index (χ0) is 14.4. The van der Waals surface area contributed by atoms with Gasteiger partial charge in [0.15, 0.2) is 0 Å². The maximum atomic E-state index is 12.3. The average molecular weight is 290 g/mol. The summed E-state index contributed by atoms with van der Waals surface area (Å²) in [4.78, 5) is 11.4. The second-order valence-electron chi connectivity index (χ2n) is 3.37. The van der Waals surface area contributed by atoms with Crippen LogP contribution in [0.5, 0.6) is 5.75 Å². The zero-order valence-corrected chi connectivity index (χ0v) is 10.7. The highest BCUT2D eigenvalue weighted by Crippen LogP contribution is 2.30. The van der Waals surface area contributed by atoms with Crippen LogP contribution in [0.2, 0.25) is 5.02 Å². The summed E-state index contributed by atoms with van der Waals surface area (Å²) < 4.78 is 33.5. The van der Waals surface area contributed by atoms with Gasteiger partial charge in [0.05, 0.1) is 23.6 Å². The Morgan fingerprint density at radius 3 is 2.74 bits per heavy atom. The molecule has 0 aliphatic heterocycles. The molecule has 0 amide bonds. The molecule has 4 nitrogen and oxygen atoms in total. The van der Waals surface area contributed by atoms with Gasteiger partial charge in [0, 0.05) is 5.56 Å². The first-order valence-electron chi connectivity index (χ1n) is 5.31. The number of carbonyl (C=O) groups excluding carboxylic acids is 1. The lowest BCUT2D eigenvalue weighted by molar-refractivity contribution is -0.142. The Morgan fingerprint density at radius 1 is 1.53 bits per heavy atom. The highest BCUT2D eigenvalue weighted by atomic mass is 35.5. The van der Waals surface area contributed by atoms with Crippen molar-refractivity contribution < 1.29 is 23.0 Å². The lowest BCUT2D eigenvalue weighted by Gasteiger charge is -2.12. The summed E-state index contributed by atoms with van der Waals surface area (Å²) in [5.74, 6) is -0.913. The molecule has 0 N–H and O–H groups in total. The summed E-state index contributed by atoms with van der Waals surface area (Å²) in [6.07, 6.45) is -0.362. The van der Waals surface area contributed by atoms with E-state index in [1.807, 2.05) is 0 Å². The van der Waals surface area contributed by atoms with Crippen LogP contribution in [0.4, 0.5) is 8.78 Å². The van der Waals surface area contributed by atoms with Gasteiger partial charge in [0.2, 0.25) is 0 Å². The predicted octanol–water partition coefficient (Wildman–Crippen LogP) is 2.92. The minimum atomic E-state index is -3.06. The van der Waals surface area contributed by atoms with Crippen molar-refractivity contribution in [3.63, 3.8) is 0 Å². The van der Waals surface area contributed by atoms with Crippen LogP contribution < -0.4 is 4.74 Å². The monoisotopic (exact) mass is 289 g/mol. The maximum Gasteiger partial charge on any atom is 0.387 e. The van der Waals surface area contributed by atoms with Gasteiger partial charge in [0.1, 0.15) is 11.8 Å². The predicted molar refractivity (Wildman–Crippen MR) is 63.1 cm³/mol. The van der Waals surface area contributed by atoms with E-state index in [1.54, 1.807) is 13.0 Å². The number of nitriles is 1. The Labute approximate surface area is 113 Å². The molecule has 0 atom stereocenters. The lowest BCUT2D eigenvalue weighted by Crippen LogP contribution is -2.12. The lowest BCUT2D eigenvalue weighted by atomic mass is 10.0. The fourth-order valence-electron chi connectivity index (χ4n) is 1.46. The van der Waals surface area contributed by atoms with Crippen molar-refractivity contribution in [1.82, 2.24) is 0 Å². The van der Waals surface area contributed by atoms with E-state index in [2.05, 4.69) is 4.74 Å². The van der Waals surface area contributed by atoms with E-state index in [9.17, 15) is 13.6 Å². The second kappa shape index (κ2) is 6.90. The van der Waals surface area contributed by atoms with E-state index in [0.717, 1.165) is 0 Å². The van der Waals surface area contributed by atoms with Crippen LogP contribution in [0.15, 0.2) is 12.1 Å². The van der Waals surface area contributed by atoms with E-state index in [-0.39, 0.29) is 34.9 Å². The van der Waals surface area contributed by atoms with Gasteiger partial charge < -0.3 is 9.47 Å². The van der Waals surface area contributed by atoms with Gasteiger partial charge in [-0.3, -0.25) is 4.79 Å². The molecule has 0 fully saturated rings. The van der Waals surface area contributed by atoms with Crippen molar-refractivity contribution in [2.75, 3.05) is 6.61 Å². The Hall–Kier alpha value is -1.87. The Balaban J connectivity index is 3.18. The molecule has 0 heterocycles. The first-order chi connectivity index (χ1) is 8.99. The number of rotatable bonds is 5. The molecule has 0 unspecified atom stereocenters. The molecule has 1 aromatic carbocycles. The third kappa shape index (κ3) is 4.07. The molecule has 19 heavy (non-hydrogen) atoms. The number of alkyl halides is 2. The van der Waals surface area contributed by atoms with E-state index in [4.69, 9.17) is 21.6 Å². The molecule has 0 saturated heterocycles. The molecule has 7 heteroatoms. The molecule has 0 spiro atoms. The van der Waals surface area contributed by atoms with Crippen molar-refractivity contribution in [1.29, 1.82) is 5.26 Å². The number of hydrogen-bond donors (Lipinski definition) is 0. The zero-order valence-electron chi connectivity index (χ0n) is 9.95. The van der Waals surface area contributed by atoms with Crippen molar-refractivity contribution in [2.24, 2.45) is 0 Å². The molecule has 0 bridgehead atoms. The first-order valence-corrected chi connectivity index (χ1v) is 5.69. The Kier molecular flexibility index (Phi) is 5.52. The molecule has 0 aromatic heterocycles. The molecular formula is C12H10ClF2NO3. The third-order valence-corrected chi connectivity index (χ3v) is 2.49. The molecule has 0 radical (unpaired) electrons. The van der Waals surface area contributed by atoms with Gasteiger partial charge in [-0.05, 0) is 19.1 Å². The van der Waals surface area contributed by atoms with Gasteiger partial charge in [-0.15, -0.1) is 0 Å². The SMILES string of the molecule is CCOC(=O)Cc1c(OC(F)F)ccc(Cl)c1C#N. The number of benzene rings is 1. The highest BCUT2D eigenvalue weighted by molar-refractivity contribution is 6.31. The topological polar surface area (TPSA) is 59.3 Å². The van der Waals surface area contributed by atoms with E-state index in [0.29, 0.717) is 0 Å². The summed E-state index contributed by atoms with van der Waals surface area (Å²) in [6, 6.07) is 4.20. The minimum absolute atomic E-state index is 0.00579. The second-order valence-corrected chi connectivity index (χ2v) is 3.78. The minimum Gasteiger partial charge on any atom is -0.466 e. The molecule has 102 valence electrons. The summed E-state index contributed by atoms with van der Waals surface area (Å²) in [5, 5.41) is 9.03. The van der Waals surface area contributed by atoms with Crippen LogP contribution in [0.1, 0.15) is 18.1 Å². The van der Waals surface area contributed by atoms with Gasteiger partial charge >= 0.3 is 12.6 Å². The van der Waals surface area contributed by atoms with E-state index in [1.165, 1.54) is 12.1 Å². The van der Waals surface area contributed by atoms with Crippen molar-refractivity contribution in [2.45, 2.75) is 20.0 Å². The summed E-state index contributed by atoms with van der Waals surface area (Å²) >= 11 is 5.78. The van der Waals surface area contributed by atoms with Crippen LogP contribution in [0, 0.1) is 11.3 Å². The van der Waals surface area contributed by atoms with Crippen molar-refractivity contribution >= 4 is 17.6 Å². The average Bonchev–Trinajstić information content (AvgIpc) is 2.33. The molecular weight excluding hydrogens is 280 g/mol. The fraction of sp³-hybridized carbons (Fsp3) is 0.333. The number of hydrogen-bond acceptors (Lipinski definition) is 4. The smallest absolute Gasteiger partial charge is 0.387 e. The quantitative estimate of drug-likeness (QED) is 0.782. The van der Waals surface area contributed by atoms with E-state index >= 15 is 0 Å². The van der Waals surface area contributed by atoms with Crippen molar-refractivity contribution in [3.8, 4) is 11.8 Å². The highest BCUT2D eigenvalue weighted by Gasteiger charge is 2.19. The first kappa shape index (κ1) is 15.2. The molecule has 0 aliphatic carbocycles.